The fourth-order valence-electron chi connectivity index (χ4n) is 1.23. The summed E-state index contributed by atoms with van der Waals surface area (Å²) >= 11 is 0. The molecule has 1 saturated heterocycles. The van der Waals surface area contributed by atoms with Crippen LogP contribution in [0.15, 0.2) is 11.6 Å². The molecule has 0 N–H and O–H groups in total. The first-order valence-electron chi connectivity index (χ1n) is 3.61. The Bertz CT molecular complexity index is 120. The summed E-state index contributed by atoms with van der Waals surface area (Å²) in [4.78, 5) is 0. The lowest BCUT2D eigenvalue weighted by Gasteiger charge is -2.22. The minimum absolute atomic E-state index is 0.517. The Labute approximate surface area is 59.5 Å². The van der Waals surface area contributed by atoms with Gasteiger partial charge in [0.1, 0.15) is 0 Å². The van der Waals surface area contributed by atoms with Crippen LogP contribution in [0.4, 0.5) is 0 Å². The standard InChI is InChI=1S/C7H14OSi/c1-2-6-4-3-5-8-7(6)9/h2,7H,3-5H2,1,9H3. The maximum absolute atomic E-state index is 5.47. The molecule has 1 aliphatic rings. The van der Waals surface area contributed by atoms with Gasteiger partial charge in [-0.3, -0.25) is 0 Å². The second-order valence-electron chi connectivity index (χ2n) is 2.48. The molecular formula is C7H14OSi. The van der Waals surface area contributed by atoms with Crippen molar-refractivity contribution in [1.82, 2.24) is 0 Å². The Morgan fingerprint density at radius 1 is 1.78 bits per heavy atom. The molecule has 0 amide bonds. The molecule has 0 aromatic rings. The van der Waals surface area contributed by atoms with Crippen LogP contribution in [0.2, 0.25) is 0 Å². The second-order valence-corrected chi connectivity index (χ2v) is 3.53. The van der Waals surface area contributed by atoms with Crippen molar-refractivity contribution in [3.63, 3.8) is 0 Å². The quantitative estimate of drug-likeness (QED) is 0.352. The van der Waals surface area contributed by atoms with E-state index in [-0.39, 0.29) is 0 Å². The summed E-state index contributed by atoms with van der Waals surface area (Å²) in [5.74, 6) is 0. The van der Waals surface area contributed by atoms with Gasteiger partial charge >= 0.3 is 0 Å². The van der Waals surface area contributed by atoms with Gasteiger partial charge in [-0.1, -0.05) is 11.6 Å². The van der Waals surface area contributed by atoms with E-state index in [4.69, 9.17) is 4.74 Å². The third kappa shape index (κ3) is 1.66. The number of allylic oxidation sites excluding steroid dienone is 1. The van der Waals surface area contributed by atoms with Gasteiger partial charge in [-0.2, -0.15) is 0 Å². The van der Waals surface area contributed by atoms with Crippen LogP contribution < -0.4 is 0 Å². The van der Waals surface area contributed by atoms with Gasteiger partial charge in [-0.25, -0.2) is 0 Å². The molecule has 52 valence electrons. The second kappa shape index (κ2) is 3.18. The van der Waals surface area contributed by atoms with Gasteiger partial charge in [-0.05, 0) is 19.8 Å². The zero-order valence-corrected chi connectivity index (χ0v) is 8.18. The van der Waals surface area contributed by atoms with Gasteiger partial charge in [0.05, 0.1) is 5.73 Å². The Hall–Kier alpha value is -0.0831. The molecule has 1 heterocycles. The number of hydrogen-bond donors (Lipinski definition) is 0. The van der Waals surface area contributed by atoms with Crippen LogP contribution in [0.1, 0.15) is 19.8 Å². The van der Waals surface area contributed by atoms with Gasteiger partial charge in [0, 0.05) is 16.8 Å². The number of hydrogen-bond acceptors (Lipinski definition) is 1. The first-order valence-corrected chi connectivity index (χ1v) is 4.76. The Balaban J connectivity index is 2.49. The van der Waals surface area contributed by atoms with Crippen LogP contribution >= 0.6 is 0 Å². The van der Waals surface area contributed by atoms with E-state index in [1.807, 2.05) is 0 Å². The molecule has 1 rings (SSSR count). The minimum atomic E-state index is 0.517. The maximum Gasteiger partial charge on any atom is 0.0583 e. The lowest BCUT2D eigenvalue weighted by atomic mass is 10.1. The van der Waals surface area contributed by atoms with Crippen molar-refractivity contribution in [2.75, 3.05) is 6.61 Å². The average Bonchev–Trinajstić information content (AvgIpc) is 1.89. The van der Waals surface area contributed by atoms with E-state index < -0.39 is 0 Å². The molecule has 0 aromatic carbocycles. The summed E-state index contributed by atoms with van der Waals surface area (Å²) in [6.45, 7) is 3.08. The SMILES string of the molecule is CC=C1CCCOC1[SiH3]. The number of rotatable bonds is 0. The van der Waals surface area contributed by atoms with Crippen molar-refractivity contribution in [2.45, 2.75) is 25.5 Å². The highest BCUT2D eigenvalue weighted by molar-refractivity contribution is 6.13. The third-order valence-electron chi connectivity index (χ3n) is 1.87. The Kier molecular flexibility index (Phi) is 2.48. The highest BCUT2D eigenvalue weighted by atomic mass is 28.1. The van der Waals surface area contributed by atoms with E-state index in [0.717, 1.165) is 16.8 Å². The van der Waals surface area contributed by atoms with Crippen molar-refractivity contribution in [3.8, 4) is 0 Å². The summed E-state index contributed by atoms with van der Waals surface area (Å²) in [6, 6.07) is 0. The largest absolute Gasteiger partial charge is 0.378 e. The maximum atomic E-state index is 5.47. The van der Waals surface area contributed by atoms with Crippen LogP contribution in [-0.4, -0.2) is 22.6 Å². The summed E-state index contributed by atoms with van der Waals surface area (Å²) < 4.78 is 5.47. The average molecular weight is 142 g/mol. The van der Waals surface area contributed by atoms with E-state index in [9.17, 15) is 0 Å². The third-order valence-corrected chi connectivity index (χ3v) is 2.95. The van der Waals surface area contributed by atoms with Crippen molar-refractivity contribution >= 4 is 10.2 Å². The highest BCUT2D eigenvalue weighted by Gasteiger charge is 2.12. The van der Waals surface area contributed by atoms with E-state index >= 15 is 0 Å². The van der Waals surface area contributed by atoms with Crippen LogP contribution in [0.5, 0.6) is 0 Å². The molecule has 1 fully saturated rings. The molecule has 0 saturated carbocycles. The predicted molar refractivity (Wildman–Crippen MR) is 42.7 cm³/mol. The monoisotopic (exact) mass is 142 g/mol. The van der Waals surface area contributed by atoms with E-state index in [1.54, 1.807) is 0 Å². The van der Waals surface area contributed by atoms with Crippen LogP contribution in [0.3, 0.4) is 0 Å². The molecule has 2 heteroatoms. The summed E-state index contributed by atoms with van der Waals surface area (Å²) in [5, 5.41) is 0. The lowest BCUT2D eigenvalue weighted by Crippen LogP contribution is -2.21. The lowest BCUT2D eigenvalue weighted by molar-refractivity contribution is 0.102. The molecule has 0 bridgehead atoms. The first kappa shape index (κ1) is 7.03. The van der Waals surface area contributed by atoms with Crippen molar-refractivity contribution in [1.29, 1.82) is 0 Å². The van der Waals surface area contributed by atoms with Crippen LogP contribution in [0, 0.1) is 0 Å². The normalized spacial score (nSPS) is 33.4. The zero-order valence-electron chi connectivity index (χ0n) is 6.18. The van der Waals surface area contributed by atoms with E-state index in [2.05, 4.69) is 13.0 Å². The van der Waals surface area contributed by atoms with E-state index in [1.165, 1.54) is 18.4 Å². The molecule has 0 aromatic heterocycles. The van der Waals surface area contributed by atoms with Gasteiger partial charge < -0.3 is 4.74 Å². The molecule has 0 spiro atoms. The fourth-order valence-corrected chi connectivity index (χ4v) is 2.08. The first-order chi connectivity index (χ1) is 4.34. The van der Waals surface area contributed by atoms with Crippen molar-refractivity contribution in [2.24, 2.45) is 0 Å². The van der Waals surface area contributed by atoms with Gasteiger partial charge in [0.2, 0.25) is 0 Å². The van der Waals surface area contributed by atoms with Crippen molar-refractivity contribution < 1.29 is 4.74 Å². The van der Waals surface area contributed by atoms with E-state index in [0.29, 0.717) is 5.73 Å². The van der Waals surface area contributed by atoms with Crippen molar-refractivity contribution in [3.05, 3.63) is 11.6 Å². The molecular weight excluding hydrogens is 128 g/mol. The molecule has 1 unspecified atom stereocenters. The Morgan fingerprint density at radius 3 is 3.00 bits per heavy atom. The predicted octanol–water partition coefficient (Wildman–Crippen LogP) is 0.435. The number of ether oxygens (including phenoxy) is 1. The summed E-state index contributed by atoms with van der Waals surface area (Å²) in [7, 11) is 1.15. The molecule has 0 radical (unpaired) electrons. The summed E-state index contributed by atoms with van der Waals surface area (Å²) in [5.41, 5.74) is 2.04. The van der Waals surface area contributed by atoms with Gasteiger partial charge in [0.25, 0.3) is 0 Å². The van der Waals surface area contributed by atoms with Gasteiger partial charge in [-0.15, -0.1) is 0 Å². The minimum Gasteiger partial charge on any atom is -0.378 e. The zero-order chi connectivity index (χ0) is 6.69. The topological polar surface area (TPSA) is 9.23 Å². The summed E-state index contributed by atoms with van der Waals surface area (Å²) in [6.07, 6.45) is 4.69. The molecule has 1 atom stereocenters. The smallest absolute Gasteiger partial charge is 0.0583 e. The molecule has 9 heavy (non-hydrogen) atoms. The molecule has 1 nitrogen and oxygen atoms in total. The van der Waals surface area contributed by atoms with Crippen LogP contribution in [0.25, 0.3) is 0 Å². The Morgan fingerprint density at radius 2 is 2.56 bits per heavy atom. The molecule has 0 aliphatic carbocycles. The van der Waals surface area contributed by atoms with Crippen LogP contribution in [-0.2, 0) is 4.74 Å². The fraction of sp³-hybridized carbons (Fsp3) is 0.714. The highest BCUT2D eigenvalue weighted by Crippen LogP contribution is 2.16. The molecule has 1 aliphatic heterocycles. The van der Waals surface area contributed by atoms with Gasteiger partial charge in [0.15, 0.2) is 0 Å².